The third-order valence-corrected chi connectivity index (χ3v) is 2.73. The van der Waals surface area contributed by atoms with Gasteiger partial charge in [-0.25, -0.2) is 0 Å². The Morgan fingerprint density at radius 1 is 1.64 bits per heavy atom. The highest BCUT2D eigenvalue weighted by atomic mass is 16.3. The molecule has 1 aliphatic carbocycles. The van der Waals surface area contributed by atoms with Crippen LogP contribution in [0.5, 0.6) is 0 Å². The Hall–Kier alpha value is -1.29. The lowest BCUT2D eigenvalue weighted by Crippen LogP contribution is -2.50. The minimum atomic E-state index is -0.362. The Kier molecular flexibility index (Phi) is 2.29. The van der Waals surface area contributed by atoms with Crippen LogP contribution in [0.25, 0.3) is 0 Å². The van der Waals surface area contributed by atoms with Crippen molar-refractivity contribution in [2.45, 2.75) is 25.0 Å². The summed E-state index contributed by atoms with van der Waals surface area (Å²) in [6, 6.07) is 3.53. The molecule has 2 rings (SSSR count). The molecular formula is C10H14N2O2. The smallest absolute Gasteiger partial charge is 0.268 e. The molecule has 1 amide bonds. The van der Waals surface area contributed by atoms with Crippen molar-refractivity contribution in [3.05, 3.63) is 24.0 Å². The molecule has 0 bridgehead atoms. The first-order valence-corrected chi connectivity index (χ1v) is 4.79. The standard InChI is InChI=1S/C10H14N2O2/c1-12-6-2-3-8(12)10(14)11-7-4-5-9(7)13/h2-3,6-7,9,13H,4-5H2,1H3,(H,11,14)/t7-,9-/m1/s1. The molecule has 0 spiro atoms. The molecule has 1 aromatic rings. The second-order valence-electron chi connectivity index (χ2n) is 3.73. The van der Waals surface area contributed by atoms with Gasteiger partial charge in [0.05, 0.1) is 12.1 Å². The Bertz CT molecular complexity index is 346. The zero-order valence-electron chi connectivity index (χ0n) is 8.10. The van der Waals surface area contributed by atoms with Crippen LogP contribution in [0.15, 0.2) is 18.3 Å². The quantitative estimate of drug-likeness (QED) is 0.710. The van der Waals surface area contributed by atoms with Crippen molar-refractivity contribution < 1.29 is 9.90 Å². The Balaban J connectivity index is 1.99. The van der Waals surface area contributed by atoms with E-state index in [9.17, 15) is 9.90 Å². The van der Waals surface area contributed by atoms with E-state index in [-0.39, 0.29) is 18.1 Å². The van der Waals surface area contributed by atoms with Gasteiger partial charge in [0.15, 0.2) is 0 Å². The van der Waals surface area contributed by atoms with E-state index in [0.717, 1.165) is 12.8 Å². The number of nitrogens with zero attached hydrogens (tertiary/aromatic N) is 1. The van der Waals surface area contributed by atoms with E-state index in [0.29, 0.717) is 5.69 Å². The molecule has 14 heavy (non-hydrogen) atoms. The number of hydrogen-bond donors (Lipinski definition) is 2. The number of aliphatic hydroxyl groups excluding tert-OH is 1. The van der Waals surface area contributed by atoms with Gasteiger partial charge in [0.1, 0.15) is 5.69 Å². The molecular weight excluding hydrogens is 180 g/mol. The lowest BCUT2D eigenvalue weighted by Gasteiger charge is -2.32. The molecule has 0 saturated heterocycles. The number of hydrogen-bond acceptors (Lipinski definition) is 2. The second-order valence-corrected chi connectivity index (χ2v) is 3.73. The van der Waals surface area contributed by atoms with Gasteiger partial charge in [0.2, 0.25) is 0 Å². The van der Waals surface area contributed by atoms with Crippen molar-refractivity contribution >= 4 is 5.91 Å². The van der Waals surface area contributed by atoms with Crippen molar-refractivity contribution in [1.29, 1.82) is 0 Å². The van der Waals surface area contributed by atoms with Crippen molar-refractivity contribution in [2.24, 2.45) is 7.05 Å². The van der Waals surface area contributed by atoms with Crippen LogP contribution >= 0.6 is 0 Å². The molecule has 0 aromatic carbocycles. The highest BCUT2D eigenvalue weighted by Gasteiger charge is 2.30. The first-order valence-electron chi connectivity index (χ1n) is 4.79. The maximum absolute atomic E-state index is 11.6. The summed E-state index contributed by atoms with van der Waals surface area (Å²) in [7, 11) is 1.83. The number of carbonyl (C=O) groups excluding carboxylic acids is 1. The topological polar surface area (TPSA) is 54.3 Å². The molecule has 0 radical (unpaired) electrons. The predicted octanol–water partition coefficient (Wildman–Crippen LogP) is 0.278. The number of aryl methyl sites for hydroxylation is 1. The van der Waals surface area contributed by atoms with Gasteiger partial charge >= 0.3 is 0 Å². The van der Waals surface area contributed by atoms with Crippen LogP contribution in [-0.2, 0) is 7.05 Å². The van der Waals surface area contributed by atoms with Crippen LogP contribution in [0.1, 0.15) is 23.3 Å². The molecule has 4 heteroatoms. The minimum Gasteiger partial charge on any atom is -0.391 e. The number of amides is 1. The molecule has 0 unspecified atom stereocenters. The Morgan fingerprint density at radius 3 is 2.86 bits per heavy atom. The zero-order chi connectivity index (χ0) is 10.1. The largest absolute Gasteiger partial charge is 0.391 e. The summed E-state index contributed by atoms with van der Waals surface area (Å²) in [6.07, 6.45) is 3.13. The third kappa shape index (κ3) is 1.53. The van der Waals surface area contributed by atoms with E-state index in [1.165, 1.54) is 0 Å². The monoisotopic (exact) mass is 194 g/mol. The number of aliphatic hydroxyl groups is 1. The molecule has 76 valence electrons. The van der Waals surface area contributed by atoms with Crippen LogP contribution < -0.4 is 5.32 Å². The fourth-order valence-corrected chi connectivity index (χ4v) is 1.59. The maximum atomic E-state index is 11.6. The number of aromatic nitrogens is 1. The molecule has 4 nitrogen and oxygen atoms in total. The SMILES string of the molecule is Cn1cccc1C(=O)N[C@@H]1CC[C@H]1O. The molecule has 1 fully saturated rings. The average Bonchev–Trinajstić information content (AvgIpc) is 2.58. The average molecular weight is 194 g/mol. The molecule has 1 aromatic heterocycles. The summed E-state index contributed by atoms with van der Waals surface area (Å²) >= 11 is 0. The number of carbonyl (C=O) groups is 1. The number of nitrogens with one attached hydrogen (secondary N) is 1. The highest BCUT2D eigenvalue weighted by Crippen LogP contribution is 2.19. The fraction of sp³-hybridized carbons (Fsp3) is 0.500. The van der Waals surface area contributed by atoms with E-state index in [4.69, 9.17) is 0 Å². The Labute approximate surface area is 82.5 Å². The number of rotatable bonds is 2. The summed E-state index contributed by atoms with van der Waals surface area (Å²) in [6.45, 7) is 0. The highest BCUT2D eigenvalue weighted by molar-refractivity contribution is 5.93. The van der Waals surface area contributed by atoms with Gasteiger partial charge in [0.25, 0.3) is 5.91 Å². The van der Waals surface area contributed by atoms with E-state index >= 15 is 0 Å². The fourth-order valence-electron chi connectivity index (χ4n) is 1.59. The molecule has 2 N–H and O–H groups in total. The summed E-state index contributed by atoms with van der Waals surface area (Å²) in [5.41, 5.74) is 0.629. The van der Waals surface area contributed by atoms with E-state index in [1.54, 1.807) is 10.6 Å². The molecule has 0 aliphatic heterocycles. The van der Waals surface area contributed by atoms with Gasteiger partial charge in [-0.2, -0.15) is 0 Å². The van der Waals surface area contributed by atoms with Crippen LogP contribution in [0.2, 0.25) is 0 Å². The lowest BCUT2D eigenvalue weighted by molar-refractivity contribution is 0.0444. The minimum absolute atomic E-state index is 0.0580. The third-order valence-electron chi connectivity index (χ3n) is 2.73. The van der Waals surface area contributed by atoms with Crippen molar-refractivity contribution in [1.82, 2.24) is 9.88 Å². The summed E-state index contributed by atoms with van der Waals surface area (Å²) in [5.74, 6) is -0.110. The summed E-state index contributed by atoms with van der Waals surface area (Å²) < 4.78 is 1.76. The first-order chi connectivity index (χ1) is 6.68. The van der Waals surface area contributed by atoms with Crippen LogP contribution in [0.4, 0.5) is 0 Å². The van der Waals surface area contributed by atoms with Gasteiger partial charge < -0.3 is 15.0 Å². The molecule has 1 saturated carbocycles. The second kappa shape index (κ2) is 3.46. The van der Waals surface area contributed by atoms with Gasteiger partial charge in [-0.3, -0.25) is 4.79 Å². The van der Waals surface area contributed by atoms with E-state index in [1.807, 2.05) is 19.3 Å². The van der Waals surface area contributed by atoms with Crippen LogP contribution in [0.3, 0.4) is 0 Å². The van der Waals surface area contributed by atoms with Gasteiger partial charge in [-0.05, 0) is 25.0 Å². The maximum Gasteiger partial charge on any atom is 0.268 e. The summed E-state index contributed by atoms with van der Waals surface area (Å²) in [4.78, 5) is 11.6. The van der Waals surface area contributed by atoms with E-state index in [2.05, 4.69) is 5.32 Å². The van der Waals surface area contributed by atoms with E-state index < -0.39 is 0 Å². The Morgan fingerprint density at radius 2 is 2.43 bits per heavy atom. The first kappa shape index (κ1) is 9.27. The lowest BCUT2D eigenvalue weighted by atomic mass is 9.89. The predicted molar refractivity (Wildman–Crippen MR) is 51.9 cm³/mol. The van der Waals surface area contributed by atoms with Crippen molar-refractivity contribution in [3.8, 4) is 0 Å². The van der Waals surface area contributed by atoms with Crippen LogP contribution in [-0.4, -0.2) is 27.7 Å². The van der Waals surface area contributed by atoms with Gasteiger partial charge in [0, 0.05) is 13.2 Å². The van der Waals surface area contributed by atoms with Crippen LogP contribution in [0, 0.1) is 0 Å². The normalized spacial score (nSPS) is 25.6. The zero-order valence-corrected chi connectivity index (χ0v) is 8.10. The molecule has 2 atom stereocenters. The molecule has 1 heterocycles. The van der Waals surface area contributed by atoms with Crippen molar-refractivity contribution in [2.75, 3.05) is 0 Å². The van der Waals surface area contributed by atoms with Crippen molar-refractivity contribution in [3.63, 3.8) is 0 Å². The summed E-state index contributed by atoms with van der Waals surface area (Å²) in [5, 5.41) is 12.1. The van der Waals surface area contributed by atoms with Gasteiger partial charge in [-0.1, -0.05) is 0 Å². The van der Waals surface area contributed by atoms with Gasteiger partial charge in [-0.15, -0.1) is 0 Å². The molecule has 1 aliphatic rings.